The van der Waals surface area contributed by atoms with E-state index in [1.165, 1.54) is 12.1 Å². The molecule has 2 rings (SSSR count). The summed E-state index contributed by atoms with van der Waals surface area (Å²) in [4.78, 5) is -0.271. The summed E-state index contributed by atoms with van der Waals surface area (Å²) in [6.07, 6.45) is 0. The number of halogens is 2. The summed E-state index contributed by atoms with van der Waals surface area (Å²) in [6, 6.07) is 10.5. The molecule has 0 amide bonds. The number of sulfonamides is 1. The molecule has 7 heteroatoms. The maximum atomic E-state index is 13.3. The lowest BCUT2D eigenvalue weighted by Crippen LogP contribution is -2.16. The summed E-state index contributed by atoms with van der Waals surface area (Å²) >= 11 is 2.00. The van der Waals surface area contributed by atoms with E-state index in [0.717, 1.165) is 9.64 Å². The van der Waals surface area contributed by atoms with Crippen molar-refractivity contribution in [1.29, 1.82) is 0 Å². The van der Waals surface area contributed by atoms with Crippen molar-refractivity contribution in [3.05, 3.63) is 51.9 Å². The summed E-state index contributed by atoms with van der Waals surface area (Å²) in [6.45, 7) is 0. The van der Waals surface area contributed by atoms with Crippen molar-refractivity contribution < 1.29 is 12.8 Å². The lowest BCUT2D eigenvalue weighted by molar-refractivity contribution is 0.597. The Bertz CT molecular complexity index is 719. The Balaban J connectivity index is 2.44. The van der Waals surface area contributed by atoms with Crippen molar-refractivity contribution in [2.24, 2.45) is 0 Å². The van der Waals surface area contributed by atoms with Crippen LogP contribution in [0.2, 0.25) is 0 Å². The first kappa shape index (κ1) is 14.1. The van der Waals surface area contributed by atoms with Crippen molar-refractivity contribution in [2.45, 2.75) is 4.90 Å². The maximum absolute atomic E-state index is 13.3. The summed E-state index contributed by atoms with van der Waals surface area (Å²) in [5.41, 5.74) is 5.50. The molecule has 0 heterocycles. The molecule has 0 saturated carbocycles. The number of anilines is 2. The zero-order valence-electron chi connectivity index (χ0n) is 9.60. The van der Waals surface area contributed by atoms with Crippen LogP contribution in [0.3, 0.4) is 0 Å². The molecule has 19 heavy (non-hydrogen) atoms. The molecule has 0 bridgehead atoms. The number of benzene rings is 2. The molecule has 0 fully saturated rings. The van der Waals surface area contributed by atoms with Gasteiger partial charge in [-0.3, -0.25) is 4.72 Å². The predicted octanol–water partition coefficient (Wildman–Crippen LogP) is 2.81. The minimum atomic E-state index is -3.91. The van der Waals surface area contributed by atoms with Gasteiger partial charge < -0.3 is 5.73 Å². The Labute approximate surface area is 124 Å². The molecule has 0 unspecified atom stereocenters. The standard InChI is InChI=1S/C12H10FIN2O2S/c13-8-4-3-7-11(12(8)15)19(17,18)16-10-6-2-1-5-9(10)14/h1-7,16H,15H2. The largest absolute Gasteiger partial charge is 0.395 e. The van der Waals surface area contributed by atoms with E-state index in [1.807, 2.05) is 22.6 Å². The normalized spacial score (nSPS) is 11.3. The van der Waals surface area contributed by atoms with E-state index in [2.05, 4.69) is 4.72 Å². The zero-order chi connectivity index (χ0) is 14.0. The highest BCUT2D eigenvalue weighted by Crippen LogP contribution is 2.25. The predicted molar refractivity (Wildman–Crippen MR) is 80.8 cm³/mol. The number of hydrogen-bond acceptors (Lipinski definition) is 3. The Kier molecular flexibility index (Phi) is 3.95. The number of rotatable bonds is 3. The van der Waals surface area contributed by atoms with Gasteiger partial charge in [0.15, 0.2) is 0 Å². The van der Waals surface area contributed by atoms with Gasteiger partial charge in [-0.1, -0.05) is 18.2 Å². The molecule has 0 saturated heterocycles. The van der Waals surface area contributed by atoms with E-state index in [9.17, 15) is 12.8 Å². The third-order valence-corrected chi connectivity index (χ3v) is 4.78. The van der Waals surface area contributed by atoms with Crippen molar-refractivity contribution in [3.8, 4) is 0 Å². The second-order valence-corrected chi connectivity index (χ2v) is 6.55. The van der Waals surface area contributed by atoms with Gasteiger partial charge in [0.05, 0.1) is 11.4 Å². The number of nitrogens with two attached hydrogens (primary N) is 1. The first-order valence-electron chi connectivity index (χ1n) is 5.23. The molecule has 0 aliphatic carbocycles. The van der Waals surface area contributed by atoms with E-state index in [1.54, 1.807) is 24.3 Å². The lowest BCUT2D eigenvalue weighted by atomic mass is 10.3. The van der Waals surface area contributed by atoms with Crippen LogP contribution in [0.15, 0.2) is 47.4 Å². The van der Waals surface area contributed by atoms with Gasteiger partial charge in [0, 0.05) is 3.57 Å². The maximum Gasteiger partial charge on any atom is 0.264 e. The molecule has 4 nitrogen and oxygen atoms in total. The number of nitrogens with one attached hydrogen (secondary N) is 1. The fourth-order valence-corrected chi connectivity index (χ4v) is 3.42. The molecule has 0 aromatic heterocycles. The Morgan fingerprint density at radius 1 is 1.11 bits per heavy atom. The third-order valence-electron chi connectivity index (χ3n) is 2.42. The monoisotopic (exact) mass is 392 g/mol. The van der Waals surface area contributed by atoms with E-state index < -0.39 is 15.8 Å². The molecule has 3 N–H and O–H groups in total. The highest BCUT2D eigenvalue weighted by Gasteiger charge is 2.20. The Hall–Kier alpha value is -1.35. The number of para-hydroxylation sites is 2. The van der Waals surface area contributed by atoms with Crippen molar-refractivity contribution >= 4 is 44.0 Å². The van der Waals surface area contributed by atoms with Crippen molar-refractivity contribution in [1.82, 2.24) is 0 Å². The second kappa shape index (κ2) is 5.33. The first-order valence-corrected chi connectivity index (χ1v) is 7.79. The zero-order valence-corrected chi connectivity index (χ0v) is 12.6. The molecular weight excluding hydrogens is 382 g/mol. The quantitative estimate of drug-likeness (QED) is 0.624. The van der Waals surface area contributed by atoms with Crippen molar-refractivity contribution in [3.63, 3.8) is 0 Å². The van der Waals surface area contributed by atoms with E-state index in [4.69, 9.17) is 5.73 Å². The molecule has 0 aliphatic rings. The minimum Gasteiger partial charge on any atom is -0.395 e. The van der Waals surface area contributed by atoms with Gasteiger partial charge in [0.1, 0.15) is 10.7 Å². The van der Waals surface area contributed by atoms with Crippen LogP contribution >= 0.6 is 22.6 Å². The minimum absolute atomic E-state index is 0.271. The average Bonchev–Trinajstić information content (AvgIpc) is 2.35. The number of nitrogen functional groups attached to an aromatic ring is 1. The van der Waals surface area contributed by atoms with Gasteiger partial charge in [0.25, 0.3) is 10.0 Å². The molecular formula is C12H10FIN2O2S. The first-order chi connectivity index (χ1) is 8.92. The molecule has 0 radical (unpaired) electrons. The summed E-state index contributed by atoms with van der Waals surface area (Å²) in [5.74, 6) is -0.759. The topological polar surface area (TPSA) is 72.2 Å². The Morgan fingerprint density at radius 2 is 1.79 bits per heavy atom. The second-order valence-electron chi connectivity index (χ2n) is 3.74. The molecule has 2 aromatic rings. The van der Waals surface area contributed by atoms with Crippen LogP contribution in [0.4, 0.5) is 15.8 Å². The summed E-state index contributed by atoms with van der Waals surface area (Å²) in [5, 5.41) is 0. The fraction of sp³-hybridized carbons (Fsp3) is 0. The van der Waals surface area contributed by atoms with Gasteiger partial charge in [-0.15, -0.1) is 0 Å². The summed E-state index contributed by atoms with van der Waals surface area (Å²) < 4.78 is 40.8. The van der Waals surface area contributed by atoms with Gasteiger partial charge in [0.2, 0.25) is 0 Å². The van der Waals surface area contributed by atoms with E-state index in [-0.39, 0.29) is 10.6 Å². The van der Waals surface area contributed by atoms with Gasteiger partial charge in [-0.2, -0.15) is 0 Å². The highest BCUT2D eigenvalue weighted by atomic mass is 127. The van der Waals surface area contributed by atoms with Crippen LogP contribution in [-0.4, -0.2) is 8.42 Å². The van der Waals surface area contributed by atoms with Crippen LogP contribution in [0.1, 0.15) is 0 Å². The fourth-order valence-electron chi connectivity index (χ4n) is 1.50. The van der Waals surface area contributed by atoms with Crippen LogP contribution < -0.4 is 10.5 Å². The van der Waals surface area contributed by atoms with Crippen LogP contribution in [0.25, 0.3) is 0 Å². The van der Waals surface area contributed by atoms with Crippen molar-refractivity contribution in [2.75, 3.05) is 10.5 Å². The molecule has 2 aromatic carbocycles. The number of hydrogen-bond donors (Lipinski definition) is 2. The SMILES string of the molecule is Nc1c(F)cccc1S(=O)(=O)Nc1ccccc1I. The van der Waals surface area contributed by atoms with Crippen LogP contribution in [0, 0.1) is 9.39 Å². The molecule has 0 aliphatic heterocycles. The van der Waals surface area contributed by atoms with Gasteiger partial charge >= 0.3 is 0 Å². The lowest BCUT2D eigenvalue weighted by Gasteiger charge is -2.11. The van der Waals surface area contributed by atoms with Gasteiger partial charge in [-0.05, 0) is 46.9 Å². The third kappa shape index (κ3) is 2.98. The summed E-state index contributed by atoms with van der Waals surface area (Å²) in [7, 11) is -3.91. The molecule has 100 valence electrons. The average molecular weight is 392 g/mol. The van der Waals surface area contributed by atoms with Crippen LogP contribution in [0.5, 0.6) is 0 Å². The Morgan fingerprint density at radius 3 is 2.47 bits per heavy atom. The van der Waals surface area contributed by atoms with E-state index >= 15 is 0 Å². The highest BCUT2D eigenvalue weighted by molar-refractivity contribution is 14.1. The van der Waals surface area contributed by atoms with Crippen LogP contribution in [-0.2, 0) is 10.0 Å². The molecule has 0 spiro atoms. The smallest absolute Gasteiger partial charge is 0.264 e. The van der Waals surface area contributed by atoms with Gasteiger partial charge in [-0.25, -0.2) is 12.8 Å². The molecule has 0 atom stereocenters. The van der Waals surface area contributed by atoms with E-state index in [0.29, 0.717) is 5.69 Å².